The molecule has 8 nitrogen and oxygen atoms in total. The molecule has 0 spiro atoms. The van der Waals surface area contributed by atoms with Crippen molar-refractivity contribution in [1.29, 1.82) is 0 Å². The van der Waals surface area contributed by atoms with Crippen LogP contribution in [0, 0.1) is 0 Å². The SMILES string of the molecule is O=C(NCc1ccnc(N2CCOCC2)n1)c1ccc2c(c1)OCO2. The number of ether oxygens (including phenoxy) is 3. The maximum absolute atomic E-state index is 12.3. The lowest BCUT2D eigenvalue weighted by Gasteiger charge is -2.26. The zero-order valence-corrected chi connectivity index (χ0v) is 13.6. The second-order valence-electron chi connectivity index (χ2n) is 5.70. The maximum Gasteiger partial charge on any atom is 0.251 e. The molecular weight excluding hydrogens is 324 g/mol. The van der Waals surface area contributed by atoms with Crippen molar-refractivity contribution in [2.24, 2.45) is 0 Å². The van der Waals surface area contributed by atoms with Gasteiger partial charge in [0, 0.05) is 24.8 Å². The number of amides is 1. The first-order valence-corrected chi connectivity index (χ1v) is 8.12. The summed E-state index contributed by atoms with van der Waals surface area (Å²) in [4.78, 5) is 23.2. The monoisotopic (exact) mass is 342 g/mol. The fraction of sp³-hybridized carbons (Fsp3) is 0.353. The Morgan fingerprint density at radius 2 is 2.00 bits per heavy atom. The molecule has 0 radical (unpaired) electrons. The number of morpholine rings is 1. The van der Waals surface area contributed by atoms with Crippen molar-refractivity contribution in [3.05, 3.63) is 41.7 Å². The van der Waals surface area contributed by atoms with Crippen LogP contribution in [-0.2, 0) is 11.3 Å². The van der Waals surface area contributed by atoms with Crippen molar-refractivity contribution in [2.75, 3.05) is 38.0 Å². The number of carbonyl (C=O) groups excluding carboxylic acids is 1. The third-order valence-corrected chi connectivity index (χ3v) is 4.06. The van der Waals surface area contributed by atoms with Gasteiger partial charge in [-0.3, -0.25) is 4.79 Å². The Bertz CT molecular complexity index is 777. The second kappa shape index (κ2) is 6.94. The van der Waals surface area contributed by atoms with Crippen molar-refractivity contribution >= 4 is 11.9 Å². The van der Waals surface area contributed by atoms with Crippen LogP contribution in [0.5, 0.6) is 11.5 Å². The van der Waals surface area contributed by atoms with Gasteiger partial charge in [-0.1, -0.05) is 0 Å². The number of nitrogens with zero attached hydrogens (tertiary/aromatic N) is 3. The highest BCUT2D eigenvalue weighted by molar-refractivity contribution is 5.94. The van der Waals surface area contributed by atoms with Crippen LogP contribution in [0.25, 0.3) is 0 Å². The van der Waals surface area contributed by atoms with Crippen LogP contribution < -0.4 is 19.7 Å². The molecule has 1 aromatic carbocycles. The van der Waals surface area contributed by atoms with E-state index in [1.165, 1.54) is 0 Å². The molecule has 25 heavy (non-hydrogen) atoms. The highest BCUT2D eigenvalue weighted by Crippen LogP contribution is 2.32. The van der Waals surface area contributed by atoms with E-state index in [9.17, 15) is 4.79 Å². The second-order valence-corrected chi connectivity index (χ2v) is 5.70. The van der Waals surface area contributed by atoms with Crippen molar-refractivity contribution in [3.8, 4) is 11.5 Å². The predicted molar refractivity (Wildman–Crippen MR) is 88.8 cm³/mol. The van der Waals surface area contributed by atoms with E-state index in [2.05, 4.69) is 20.2 Å². The molecule has 0 saturated carbocycles. The number of hydrogen-bond donors (Lipinski definition) is 1. The van der Waals surface area contributed by atoms with E-state index in [0.29, 0.717) is 42.8 Å². The van der Waals surface area contributed by atoms with E-state index in [0.717, 1.165) is 18.8 Å². The van der Waals surface area contributed by atoms with Gasteiger partial charge in [0.1, 0.15) is 0 Å². The van der Waals surface area contributed by atoms with Crippen molar-refractivity contribution < 1.29 is 19.0 Å². The number of benzene rings is 1. The molecule has 3 heterocycles. The Morgan fingerprint density at radius 1 is 1.16 bits per heavy atom. The number of hydrogen-bond acceptors (Lipinski definition) is 7. The lowest BCUT2D eigenvalue weighted by atomic mass is 10.2. The minimum absolute atomic E-state index is 0.186. The van der Waals surface area contributed by atoms with Crippen LogP contribution in [0.2, 0.25) is 0 Å². The van der Waals surface area contributed by atoms with Crippen LogP contribution in [0.1, 0.15) is 16.1 Å². The smallest absolute Gasteiger partial charge is 0.251 e. The normalized spacial score (nSPS) is 15.9. The summed E-state index contributed by atoms with van der Waals surface area (Å²) in [6.07, 6.45) is 1.71. The predicted octanol–water partition coefficient (Wildman–Crippen LogP) is 0.972. The van der Waals surface area contributed by atoms with Gasteiger partial charge in [-0.05, 0) is 24.3 Å². The average Bonchev–Trinajstić information content (AvgIpc) is 3.15. The molecular formula is C17H18N4O4. The van der Waals surface area contributed by atoms with Crippen LogP contribution in [-0.4, -0.2) is 49.0 Å². The van der Waals surface area contributed by atoms with Crippen LogP contribution in [0.3, 0.4) is 0 Å². The first kappa shape index (κ1) is 15.6. The Hall–Kier alpha value is -2.87. The number of fused-ring (bicyclic) bond motifs is 1. The van der Waals surface area contributed by atoms with E-state index in [-0.39, 0.29) is 12.7 Å². The van der Waals surface area contributed by atoms with Gasteiger partial charge in [0.2, 0.25) is 12.7 Å². The highest BCUT2D eigenvalue weighted by atomic mass is 16.7. The van der Waals surface area contributed by atoms with E-state index in [1.807, 2.05) is 0 Å². The molecule has 2 aliphatic rings. The first-order valence-electron chi connectivity index (χ1n) is 8.12. The van der Waals surface area contributed by atoms with E-state index >= 15 is 0 Å². The molecule has 1 amide bonds. The first-order chi connectivity index (χ1) is 12.3. The lowest BCUT2D eigenvalue weighted by molar-refractivity contribution is 0.0950. The fourth-order valence-corrected chi connectivity index (χ4v) is 2.71. The van der Waals surface area contributed by atoms with Crippen molar-refractivity contribution in [3.63, 3.8) is 0 Å². The summed E-state index contributed by atoms with van der Waals surface area (Å²) in [7, 11) is 0. The van der Waals surface area contributed by atoms with Crippen LogP contribution in [0.15, 0.2) is 30.5 Å². The summed E-state index contributed by atoms with van der Waals surface area (Å²) in [6.45, 7) is 3.40. The molecule has 0 aliphatic carbocycles. The molecule has 2 aliphatic heterocycles. The molecule has 8 heteroatoms. The largest absolute Gasteiger partial charge is 0.454 e. The molecule has 1 N–H and O–H groups in total. The summed E-state index contributed by atoms with van der Waals surface area (Å²) < 4.78 is 15.9. The maximum atomic E-state index is 12.3. The third kappa shape index (κ3) is 3.48. The summed E-state index contributed by atoms with van der Waals surface area (Å²) >= 11 is 0. The molecule has 1 saturated heterocycles. The van der Waals surface area contributed by atoms with Gasteiger partial charge in [0.25, 0.3) is 5.91 Å². The standard InChI is InChI=1S/C17H18N4O4/c22-16(12-1-2-14-15(9-12)25-11-24-14)19-10-13-3-4-18-17(20-13)21-5-7-23-8-6-21/h1-4,9H,5-8,10-11H2,(H,19,22). The number of anilines is 1. The highest BCUT2D eigenvalue weighted by Gasteiger charge is 2.17. The average molecular weight is 342 g/mol. The summed E-state index contributed by atoms with van der Waals surface area (Å²) in [5.74, 6) is 1.72. The van der Waals surface area contributed by atoms with Crippen molar-refractivity contribution in [2.45, 2.75) is 6.54 Å². The lowest BCUT2D eigenvalue weighted by Crippen LogP contribution is -2.37. The number of carbonyl (C=O) groups is 1. The van der Waals surface area contributed by atoms with Gasteiger partial charge in [0.15, 0.2) is 11.5 Å². The Morgan fingerprint density at radius 3 is 2.88 bits per heavy atom. The number of rotatable bonds is 4. The van der Waals surface area contributed by atoms with Gasteiger partial charge < -0.3 is 24.4 Å². The fourth-order valence-electron chi connectivity index (χ4n) is 2.71. The number of aromatic nitrogens is 2. The van der Waals surface area contributed by atoms with E-state index in [4.69, 9.17) is 14.2 Å². The Labute approximate surface area is 144 Å². The molecule has 2 aromatic rings. The molecule has 0 atom stereocenters. The zero-order chi connectivity index (χ0) is 17.1. The topological polar surface area (TPSA) is 85.8 Å². The summed E-state index contributed by atoms with van der Waals surface area (Å²) in [6, 6.07) is 6.92. The third-order valence-electron chi connectivity index (χ3n) is 4.06. The van der Waals surface area contributed by atoms with Gasteiger partial charge in [-0.25, -0.2) is 9.97 Å². The zero-order valence-electron chi connectivity index (χ0n) is 13.6. The van der Waals surface area contributed by atoms with Gasteiger partial charge >= 0.3 is 0 Å². The Kier molecular flexibility index (Phi) is 4.34. The van der Waals surface area contributed by atoms with E-state index < -0.39 is 0 Å². The minimum atomic E-state index is -0.190. The van der Waals surface area contributed by atoms with Gasteiger partial charge in [-0.15, -0.1) is 0 Å². The quantitative estimate of drug-likeness (QED) is 0.886. The number of nitrogens with one attached hydrogen (secondary N) is 1. The Balaban J connectivity index is 1.40. The molecule has 1 aromatic heterocycles. The molecule has 4 rings (SSSR count). The molecule has 0 bridgehead atoms. The van der Waals surface area contributed by atoms with Crippen molar-refractivity contribution in [1.82, 2.24) is 15.3 Å². The molecule has 0 unspecified atom stereocenters. The summed E-state index contributed by atoms with van der Waals surface area (Å²) in [5, 5.41) is 2.87. The van der Waals surface area contributed by atoms with Crippen LogP contribution in [0.4, 0.5) is 5.95 Å². The van der Waals surface area contributed by atoms with Gasteiger partial charge in [-0.2, -0.15) is 0 Å². The summed E-state index contributed by atoms with van der Waals surface area (Å²) in [5.41, 5.74) is 1.28. The molecule has 130 valence electrons. The minimum Gasteiger partial charge on any atom is -0.454 e. The van der Waals surface area contributed by atoms with E-state index in [1.54, 1.807) is 30.5 Å². The molecule has 1 fully saturated rings. The van der Waals surface area contributed by atoms with Crippen LogP contribution >= 0.6 is 0 Å². The van der Waals surface area contributed by atoms with Gasteiger partial charge in [0.05, 0.1) is 25.5 Å².